The van der Waals surface area contributed by atoms with Crippen molar-refractivity contribution in [1.82, 2.24) is 15.5 Å². The molecular weight excluding hydrogens is 357 g/mol. The first kappa shape index (κ1) is 17.9. The molecule has 0 atom stereocenters. The molecule has 1 N–H and O–H groups in total. The predicted molar refractivity (Wildman–Crippen MR) is 81.3 cm³/mol. The summed E-state index contributed by atoms with van der Waals surface area (Å²) in [4.78, 5) is 20.3. The molecule has 3 rings (SSSR count). The monoisotopic (exact) mass is 370 g/mol. The minimum absolute atomic E-state index is 0.0440. The summed E-state index contributed by atoms with van der Waals surface area (Å²) in [5.74, 6) is -2.02. The van der Waals surface area contributed by atoms with Crippen LogP contribution in [-0.2, 0) is 15.8 Å². The lowest BCUT2D eigenvalue weighted by Gasteiger charge is -2.22. The van der Waals surface area contributed by atoms with Gasteiger partial charge in [-0.05, 0) is 12.1 Å². The molecule has 2 aromatic rings. The van der Waals surface area contributed by atoms with E-state index in [2.05, 4.69) is 25.1 Å². The quantitative estimate of drug-likeness (QED) is 0.616. The average Bonchev–Trinajstić information content (AvgIpc) is 3.06. The minimum atomic E-state index is -4.71. The van der Waals surface area contributed by atoms with Crippen molar-refractivity contribution < 1.29 is 32.1 Å². The van der Waals surface area contributed by atoms with E-state index < -0.39 is 12.1 Å². The van der Waals surface area contributed by atoms with Gasteiger partial charge < -0.3 is 19.4 Å². The highest BCUT2D eigenvalue weighted by Gasteiger charge is 2.38. The summed E-state index contributed by atoms with van der Waals surface area (Å²) < 4.78 is 46.4. The normalized spacial score (nSPS) is 15.0. The van der Waals surface area contributed by atoms with Gasteiger partial charge in [0, 0.05) is 11.1 Å². The molecule has 1 aliphatic rings. The number of nitrogens with zero attached hydrogens (tertiary/aromatic N) is 3. The number of alkyl halides is 3. The van der Waals surface area contributed by atoms with E-state index in [4.69, 9.17) is 9.57 Å². The standard InChI is InChI=1S/C15H13F3N4O4/c16-15(17,18)14-21-12(22-26-14)9-1-3-10(4-2-9)13(23)19-5-6-20-25-11-7-24-8-11/h1-4,6,11H,5,7-8H2,(H,19,23). The second-order valence-corrected chi connectivity index (χ2v) is 5.26. The first-order valence-corrected chi connectivity index (χ1v) is 7.48. The van der Waals surface area contributed by atoms with Crippen LogP contribution in [0.1, 0.15) is 16.2 Å². The molecule has 0 spiro atoms. The molecule has 1 saturated heterocycles. The molecule has 0 radical (unpaired) electrons. The van der Waals surface area contributed by atoms with Crippen LogP contribution in [0.25, 0.3) is 11.4 Å². The van der Waals surface area contributed by atoms with Gasteiger partial charge in [0.25, 0.3) is 5.91 Å². The highest BCUT2D eigenvalue weighted by molar-refractivity contribution is 5.95. The Morgan fingerprint density at radius 3 is 2.65 bits per heavy atom. The number of ether oxygens (including phenoxy) is 1. The number of halogens is 3. The molecule has 1 amide bonds. The van der Waals surface area contributed by atoms with Gasteiger partial charge in [-0.25, -0.2) is 0 Å². The van der Waals surface area contributed by atoms with E-state index >= 15 is 0 Å². The van der Waals surface area contributed by atoms with Crippen LogP contribution in [0.3, 0.4) is 0 Å². The second kappa shape index (κ2) is 7.52. The molecule has 138 valence electrons. The number of amides is 1. The largest absolute Gasteiger partial charge is 0.471 e. The van der Waals surface area contributed by atoms with Crippen LogP contribution in [0.5, 0.6) is 0 Å². The zero-order valence-corrected chi connectivity index (χ0v) is 13.2. The van der Waals surface area contributed by atoms with Crippen LogP contribution in [0.4, 0.5) is 13.2 Å². The Bertz CT molecular complexity index is 785. The Labute approximate surface area is 145 Å². The molecule has 0 bridgehead atoms. The Morgan fingerprint density at radius 1 is 1.35 bits per heavy atom. The summed E-state index contributed by atoms with van der Waals surface area (Å²) in [6, 6.07) is 5.72. The number of rotatable bonds is 6. The van der Waals surface area contributed by atoms with Crippen LogP contribution < -0.4 is 5.32 Å². The fraction of sp³-hybridized carbons (Fsp3) is 0.333. The van der Waals surface area contributed by atoms with E-state index in [9.17, 15) is 18.0 Å². The molecule has 8 nitrogen and oxygen atoms in total. The summed E-state index contributed by atoms with van der Waals surface area (Å²) in [6.45, 7) is 1.16. The molecule has 1 fully saturated rings. The molecular formula is C15H13F3N4O4. The van der Waals surface area contributed by atoms with Crippen molar-refractivity contribution in [3.8, 4) is 11.4 Å². The smallest absolute Gasteiger partial charge is 0.388 e. The molecule has 26 heavy (non-hydrogen) atoms. The lowest BCUT2D eigenvalue weighted by atomic mass is 10.1. The van der Waals surface area contributed by atoms with Crippen molar-refractivity contribution in [1.29, 1.82) is 0 Å². The molecule has 1 aromatic carbocycles. The maximum absolute atomic E-state index is 12.5. The molecule has 1 aromatic heterocycles. The number of hydrogen-bond acceptors (Lipinski definition) is 7. The van der Waals surface area contributed by atoms with E-state index in [0.29, 0.717) is 24.3 Å². The van der Waals surface area contributed by atoms with E-state index in [1.165, 1.54) is 30.5 Å². The van der Waals surface area contributed by atoms with Gasteiger partial charge in [0.1, 0.15) is 0 Å². The molecule has 11 heteroatoms. The maximum atomic E-state index is 12.5. The average molecular weight is 370 g/mol. The topological polar surface area (TPSA) is 98.8 Å². The number of benzene rings is 1. The highest BCUT2D eigenvalue weighted by atomic mass is 19.4. The summed E-state index contributed by atoms with van der Waals surface area (Å²) >= 11 is 0. The van der Waals surface area contributed by atoms with Crippen molar-refractivity contribution in [2.24, 2.45) is 5.16 Å². The number of carbonyl (C=O) groups is 1. The SMILES string of the molecule is O=C(NCC=NOC1COC1)c1ccc(-c2noc(C(F)(F)F)n2)cc1. The lowest BCUT2D eigenvalue weighted by molar-refractivity contribution is -0.159. The van der Waals surface area contributed by atoms with Gasteiger partial charge >= 0.3 is 12.1 Å². The van der Waals surface area contributed by atoms with Gasteiger partial charge in [-0.1, -0.05) is 22.4 Å². The van der Waals surface area contributed by atoms with E-state index in [1.54, 1.807) is 0 Å². The van der Waals surface area contributed by atoms with Crippen LogP contribution in [-0.4, -0.2) is 48.1 Å². The zero-order chi connectivity index (χ0) is 18.6. The third-order valence-corrected chi connectivity index (χ3v) is 3.32. The van der Waals surface area contributed by atoms with E-state index in [0.717, 1.165) is 0 Å². The minimum Gasteiger partial charge on any atom is -0.388 e. The Kier molecular flexibility index (Phi) is 5.16. The predicted octanol–water partition coefficient (Wildman–Crippen LogP) is 1.89. The lowest BCUT2D eigenvalue weighted by Crippen LogP contribution is -2.34. The van der Waals surface area contributed by atoms with Crippen LogP contribution in [0.2, 0.25) is 0 Å². The van der Waals surface area contributed by atoms with Gasteiger partial charge in [-0.15, -0.1) is 0 Å². The third kappa shape index (κ3) is 4.36. The van der Waals surface area contributed by atoms with Crippen LogP contribution >= 0.6 is 0 Å². The Morgan fingerprint density at radius 2 is 2.08 bits per heavy atom. The summed E-state index contributed by atoms with van der Waals surface area (Å²) in [5.41, 5.74) is 0.605. The van der Waals surface area contributed by atoms with Gasteiger partial charge in [0.2, 0.25) is 5.82 Å². The Balaban J connectivity index is 1.53. The van der Waals surface area contributed by atoms with E-state index in [-0.39, 0.29) is 24.4 Å². The number of oxime groups is 1. The number of hydrogen-bond donors (Lipinski definition) is 1. The fourth-order valence-corrected chi connectivity index (χ4v) is 1.91. The first-order chi connectivity index (χ1) is 12.4. The van der Waals surface area contributed by atoms with E-state index in [1.807, 2.05) is 0 Å². The molecule has 0 unspecified atom stereocenters. The molecule has 0 aliphatic carbocycles. The third-order valence-electron chi connectivity index (χ3n) is 3.32. The number of aromatic nitrogens is 2. The highest BCUT2D eigenvalue weighted by Crippen LogP contribution is 2.29. The van der Waals surface area contributed by atoms with Crippen molar-refractivity contribution in [3.05, 3.63) is 35.7 Å². The summed E-state index contributed by atoms with van der Waals surface area (Å²) in [5, 5.41) is 9.57. The second-order valence-electron chi connectivity index (χ2n) is 5.26. The van der Waals surface area contributed by atoms with Crippen molar-refractivity contribution in [3.63, 3.8) is 0 Å². The maximum Gasteiger partial charge on any atom is 0.471 e. The number of carbonyl (C=O) groups excluding carboxylic acids is 1. The van der Waals surface area contributed by atoms with Gasteiger partial charge in [0.15, 0.2) is 6.10 Å². The molecule has 2 heterocycles. The Hall–Kier alpha value is -2.95. The van der Waals surface area contributed by atoms with Gasteiger partial charge in [-0.2, -0.15) is 18.2 Å². The van der Waals surface area contributed by atoms with Gasteiger partial charge in [-0.3, -0.25) is 4.79 Å². The van der Waals surface area contributed by atoms with Crippen LogP contribution in [0, 0.1) is 0 Å². The summed E-state index contributed by atoms with van der Waals surface area (Å²) in [7, 11) is 0. The molecule has 0 saturated carbocycles. The van der Waals surface area contributed by atoms with Crippen molar-refractivity contribution in [2.75, 3.05) is 19.8 Å². The van der Waals surface area contributed by atoms with Crippen molar-refractivity contribution >= 4 is 12.1 Å². The zero-order valence-electron chi connectivity index (χ0n) is 13.2. The van der Waals surface area contributed by atoms with Crippen LogP contribution in [0.15, 0.2) is 33.9 Å². The fourth-order valence-electron chi connectivity index (χ4n) is 1.91. The van der Waals surface area contributed by atoms with Gasteiger partial charge in [0.05, 0.1) is 26.0 Å². The first-order valence-electron chi connectivity index (χ1n) is 7.48. The van der Waals surface area contributed by atoms with Crippen molar-refractivity contribution in [2.45, 2.75) is 12.3 Å². The summed E-state index contributed by atoms with van der Waals surface area (Å²) in [6.07, 6.45) is -3.35. The number of nitrogens with one attached hydrogen (secondary N) is 1. The molecule has 1 aliphatic heterocycles.